The van der Waals surface area contributed by atoms with Crippen LogP contribution in [0.3, 0.4) is 0 Å². The first-order valence-electron chi connectivity index (χ1n) is 8.30. The van der Waals surface area contributed by atoms with Gasteiger partial charge in [-0.2, -0.15) is 8.42 Å². The van der Waals surface area contributed by atoms with Gasteiger partial charge in [0.15, 0.2) is 5.84 Å². The molecule has 0 unspecified atom stereocenters. The van der Waals surface area contributed by atoms with Crippen molar-refractivity contribution >= 4 is 33.1 Å². The van der Waals surface area contributed by atoms with Crippen LogP contribution in [0.25, 0.3) is 0 Å². The van der Waals surface area contributed by atoms with Crippen molar-refractivity contribution in [3.63, 3.8) is 0 Å². The van der Waals surface area contributed by atoms with Gasteiger partial charge in [-0.05, 0) is 48.0 Å². The lowest BCUT2D eigenvalue weighted by Gasteiger charge is -2.18. The van der Waals surface area contributed by atoms with E-state index in [2.05, 4.69) is 9.71 Å². The van der Waals surface area contributed by atoms with Crippen LogP contribution in [0.1, 0.15) is 11.1 Å². The molecule has 0 atom stereocenters. The minimum absolute atomic E-state index is 0.125. The van der Waals surface area contributed by atoms with E-state index >= 15 is 0 Å². The minimum Gasteiger partial charge on any atom is -0.487 e. The molecule has 1 N–H and O–H groups in total. The molecule has 0 radical (unpaired) electrons. The van der Waals surface area contributed by atoms with E-state index in [1.807, 2.05) is 0 Å². The minimum atomic E-state index is -3.80. The lowest BCUT2D eigenvalue weighted by Crippen LogP contribution is -2.22. The number of hydrogen-bond donors (Lipinski definition) is 1. The van der Waals surface area contributed by atoms with E-state index in [9.17, 15) is 12.8 Å². The Morgan fingerprint density at radius 3 is 2.64 bits per heavy atom. The summed E-state index contributed by atoms with van der Waals surface area (Å²) in [6, 6.07) is 17.5. The molecule has 5 nitrogen and oxygen atoms in total. The van der Waals surface area contributed by atoms with Gasteiger partial charge in [0.05, 0.1) is 10.7 Å². The summed E-state index contributed by atoms with van der Waals surface area (Å²) in [7, 11) is -3.80. The second-order valence-corrected chi connectivity index (χ2v) is 8.08. The molecule has 0 spiro atoms. The molecule has 28 heavy (non-hydrogen) atoms. The summed E-state index contributed by atoms with van der Waals surface area (Å²) in [5.41, 5.74) is 1.62. The molecule has 1 aliphatic rings. The lowest BCUT2D eigenvalue weighted by molar-refractivity contribution is 0.306. The van der Waals surface area contributed by atoms with Crippen molar-refractivity contribution in [3.05, 3.63) is 88.7 Å². The molecule has 8 heteroatoms. The Morgan fingerprint density at radius 1 is 1.04 bits per heavy atom. The molecule has 0 saturated heterocycles. The third-order valence-corrected chi connectivity index (χ3v) is 5.75. The summed E-state index contributed by atoms with van der Waals surface area (Å²) < 4.78 is 47.5. The molecule has 142 valence electrons. The fourth-order valence-corrected chi connectivity index (χ4v) is 4.16. The van der Waals surface area contributed by atoms with E-state index in [-0.39, 0.29) is 28.2 Å². The first-order valence-corrected chi connectivity index (χ1v) is 10.1. The van der Waals surface area contributed by atoms with E-state index in [1.54, 1.807) is 48.5 Å². The summed E-state index contributed by atoms with van der Waals surface area (Å²) in [6.45, 7) is 0.151. The Morgan fingerprint density at radius 2 is 1.86 bits per heavy atom. The number of hydrogen-bond acceptors (Lipinski definition) is 4. The highest BCUT2D eigenvalue weighted by Gasteiger charge is 2.25. The number of sulfonamides is 1. The van der Waals surface area contributed by atoms with Gasteiger partial charge in [0.2, 0.25) is 0 Å². The fourth-order valence-electron chi connectivity index (χ4n) is 2.79. The third kappa shape index (κ3) is 3.72. The normalized spacial score (nSPS) is 14.6. The average Bonchev–Trinajstić information content (AvgIpc) is 2.66. The van der Waals surface area contributed by atoms with Gasteiger partial charge in [-0.3, -0.25) is 0 Å². The van der Waals surface area contributed by atoms with Gasteiger partial charge in [0.25, 0.3) is 10.0 Å². The van der Waals surface area contributed by atoms with Gasteiger partial charge >= 0.3 is 0 Å². The van der Waals surface area contributed by atoms with Crippen LogP contribution in [0.2, 0.25) is 5.02 Å². The van der Waals surface area contributed by atoms with Crippen LogP contribution < -0.4 is 10.1 Å². The average molecular weight is 417 g/mol. The van der Waals surface area contributed by atoms with Gasteiger partial charge in [0, 0.05) is 5.56 Å². The van der Waals surface area contributed by atoms with E-state index < -0.39 is 10.0 Å². The predicted molar refractivity (Wildman–Crippen MR) is 106 cm³/mol. The number of para-hydroxylation sites is 1. The predicted octanol–water partition coefficient (Wildman–Crippen LogP) is 4.62. The Labute approximate surface area is 166 Å². The van der Waals surface area contributed by atoms with E-state index in [0.717, 1.165) is 0 Å². The van der Waals surface area contributed by atoms with Gasteiger partial charge in [-0.15, -0.1) is 4.40 Å². The number of rotatable bonds is 4. The lowest BCUT2D eigenvalue weighted by atomic mass is 10.2. The van der Waals surface area contributed by atoms with Crippen LogP contribution in [0.5, 0.6) is 5.75 Å². The number of benzene rings is 3. The Bertz CT molecular complexity index is 1200. The number of ether oxygens (including phenoxy) is 1. The molecule has 4 rings (SSSR count). The zero-order valence-corrected chi connectivity index (χ0v) is 16.0. The third-order valence-electron chi connectivity index (χ3n) is 4.12. The molecule has 3 aromatic rings. The summed E-state index contributed by atoms with van der Waals surface area (Å²) in [4.78, 5) is 0.125. The monoisotopic (exact) mass is 416 g/mol. The standard InChI is InChI=1S/C20H14ClFN2O3S/c21-16-11-14(8-9-18(16)27-12-13-4-3-5-15(22)10-13)20-23-17-6-1-2-7-19(17)28(25,26)24-20/h1-11H,12H2,(H,23,24). The number of amidine groups is 1. The maximum atomic E-state index is 13.2. The Hall–Kier alpha value is -2.90. The van der Waals surface area contributed by atoms with Crippen LogP contribution in [0.15, 0.2) is 76.0 Å². The second-order valence-electron chi connectivity index (χ2n) is 6.10. The molecule has 3 aromatic carbocycles. The molecule has 0 fully saturated rings. The number of nitrogens with one attached hydrogen (secondary N) is 1. The van der Waals surface area contributed by atoms with E-state index in [1.165, 1.54) is 18.2 Å². The summed E-state index contributed by atoms with van der Waals surface area (Å²) in [6.07, 6.45) is 0. The highest BCUT2D eigenvalue weighted by atomic mass is 35.5. The molecule has 0 aromatic heterocycles. The van der Waals surface area contributed by atoms with E-state index in [4.69, 9.17) is 16.3 Å². The van der Waals surface area contributed by atoms with E-state index in [0.29, 0.717) is 22.6 Å². The zero-order valence-electron chi connectivity index (χ0n) is 14.4. The number of fused-ring (bicyclic) bond motifs is 1. The molecule has 0 bridgehead atoms. The van der Waals surface area contributed by atoms with Crippen molar-refractivity contribution in [2.75, 3.05) is 5.32 Å². The van der Waals surface area contributed by atoms with Crippen LogP contribution in [-0.2, 0) is 16.6 Å². The zero-order chi connectivity index (χ0) is 19.7. The Balaban J connectivity index is 1.58. The van der Waals surface area contributed by atoms with Crippen molar-refractivity contribution < 1.29 is 17.5 Å². The smallest absolute Gasteiger partial charge is 0.286 e. The number of anilines is 1. The maximum Gasteiger partial charge on any atom is 0.286 e. The van der Waals surface area contributed by atoms with Gasteiger partial charge < -0.3 is 10.1 Å². The summed E-state index contributed by atoms with van der Waals surface area (Å²) in [5.74, 6) is 0.233. The number of nitrogens with zero attached hydrogens (tertiary/aromatic N) is 1. The van der Waals surface area contributed by atoms with Crippen molar-refractivity contribution in [2.45, 2.75) is 11.5 Å². The number of halogens is 2. The first-order chi connectivity index (χ1) is 13.4. The summed E-state index contributed by atoms with van der Waals surface area (Å²) >= 11 is 6.29. The van der Waals surface area contributed by atoms with Gasteiger partial charge in [0.1, 0.15) is 23.1 Å². The summed E-state index contributed by atoms with van der Waals surface area (Å²) in [5, 5.41) is 3.30. The molecule has 0 saturated carbocycles. The molecule has 0 aliphatic carbocycles. The first kappa shape index (κ1) is 18.5. The molecule has 1 heterocycles. The van der Waals surface area contributed by atoms with Gasteiger partial charge in [-0.1, -0.05) is 35.9 Å². The topological polar surface area (TPSA) is 67.8 Å². The molecule has 1 aliphatic heterocycles. The quantitative estimate of drug-likeness (QED) is 0.673. The maximum absolute atomic E-state index is 13.2. The van der Waals surface area contributed by atoms with Crippen molar-refractivity contribution in [2.24, 2.45) is 4.40 Å². The van der Waals surface area contributed by atoms with Crippen LogP contribution in [0, 0.1) is 5.82 Å². The van der Waals surface area contributed by atoms with Gasteiger partial charge in [-0.25, -0.2) is 4.39 Å². The highest BCUT2D eigenvalue weighted by molar-refractivity contribution is 7.90. The fraction of sp³-hybridized carbons (Fsp3) is 0.0500. The Kier molecular flexibility index (Phi) is 4.78. The van der Waals surface area contributed by atoms with Crippen molar-refractivity contribution in [1.29, 1.82) is 0 Å². The van der Waals surface area contributed by atoms with Crippen molar-refractivity contribution in [3.8, 4) is 5.75 Å². The second kappa shape index (κ2) is 7.26. The SMILES string of the molecule is O=S1(=O)N=C(c2ccc(OCc3cccc(F)c3)c(Cl)c2)Nc2ccccc21. The van der Waals surface area contributed by atoms with Crippen LogP contribution in [-0.4, -0.2) is 14.3 Å². The molecular formula is C20H14ClFN2O3S. The highest BCUT2D eigenvalue weighted by Crippen LogP contribution is 2.31. The molecule has 0 amide bonds. The van der Waals surface area contributed by atoms with Crippen LogP contribution >= 0.6 is 11.6 Å². The van der Waals surface area contributed by atoms with Crippen molar-refractivity contribution in [1.82, 2.24) is 0 Å². The largest absolute Gasteiger partial charge is 0.487 e. The van der Waals surface area contributed by atoms with Crippen LogP contribution in [0.4, 0.5) is 10.1 Å². The molecular weight excluding hydrogens is 403 g/mol.